The first kappa shape index (κ1) is 63.7. The monoisotopic (exact) mass is 1190 g/mol. The first-order valence-electron chi connectivity index (χ1n) is 34.0. The molecule has 3 atom stereocenters. The van der Waals surface area contributed by atoms with Crippen LogP contribution in [0, 0.1) is 0 Å². The minimum absolute atomic E-state index is 0.0508. The van der Waals surface area contributed by atoms with Gasteiger partial charge < -0.3 is 28.7 Å². The van der Waals surface area contributed by atoms with E-state index in [1.165, 1.54) is 222 Å². The predicted molar refractivity (Wildman–Crippen MR) is 370 cm³/mol. The first-order chi connectivity index (χ1) is 42.6. The van der Waals surface area contributed by atoms with Gasteiger partial charge in [-0.3, -0.25) is 0 Å². The summed E-state index contributed by atoms with van der Waals surface area (Å²) < 4.78 is 23.3. The lowest BCUT2D eigenvalue weighted by molar-refractivity contribution is 0.0346. The van der Waals surface area contributed by atoms with Gasteiger partial charge in [0.1, 0.15) is 22.2 Å². The molecule has 0 N–H and O–H groups in total. The minimum Gasteiger partial charge on any atom is -0.379 e. The average molecular weight is 1190 g/mol. The van der Waals surface area contributed by atoms with E-state index in [4.69, 9.17) is 18.9 Å². The summed E-state index contributed by atoms with van der Waals surface area (Å²) in [6.45, 7) is 10.9. The fourth-order valence-corrected chi connectivity index (χ4v) is 15.2. The third-order valence-electron chi connectivity index (χ3n) is 17.7. The maximum Gasteiger partial charge on any atom is 0.109 e. The van der Waals surface area contributed by atoms with Gasteiger partial charge in [0.15, 0.2) is 0 Å². The van der Waals surface area contributed by atoms with Gasteiger partial charge in [0.25, 0.3) is 0 Å². The smallest absolute Gasteiger partial charge is 0.109 e. The van der Waals surface area contributed by atoms with E-state index in [2.05, 4.69) is 176 Å². The van der Waals surface area contributed by atoms with E-state index in [1.54, 1.807) is 0 Å². The van der Waals surface area contributed by atoms with E-state index < -0.39 is 0 Å². The number of aryl methyl sites for hydroxylation is 3. The number of hydrogen-bond donors (Lipinski definition) is 0. The number of epoxide rings is 2. The van der Waals surface area contributed by atoms with Gasteiger partial charge in [-0.2, -0.15) is 0 Å². The highest BCUT2D eigenvalue weighted by Gasteiger charge is 2.28. The summed E-state index contributed by atoms with van der Waals surface area (Å²) in [5.41, 5.74) is 10.2. The number of ether oxygens (including phenoxy) is 4. The van der Waals surface area contributed by atoms with Crippen LogP contribution in [0.25, 0.3) is 31.3 Å². The molecule has 4 heterocycles. The highest BCUT2D eigenvalue weighted by Crippen LogP contribution is 2.55. The van der Waals surface area contributed by atoms with Crippen molar-refractivity contribution in [1.29, 1.82) is 0 Å². The molecule has 458 valence electrons. The van der Waals surface area contributed by atoms with Gasteiger partial charge in [-0.25, -0.2) is 0 Å². The Bertz CT molecular complexity index is 3190. The number of rotatable bonds is 42. The van der Waals surface area contributed by atoms with Gasteiger partial charge in [-0.15, -0.1) is 22.7 Å². The van der Waals surface area contributed by atoms with E-state index in [0.29, 0.717) is 12.7 Å². The maximum absolute atomic E-state index is 6.66. The number of hydrogen-bond acceptors (Lipinski definition) is 8. The molecule has 2 aliphatic heterocycles. The van der Waals surface area contributed by atoms with Gasteiger partial charge in [0, 0.05) is 50.9 Å². The minimum atomic E-state index is 0.0508. The van der Waals surface area contributed by atoms with Gasteiger partial charge in [-0.05, 0) is 122 Å². The molecule has 0 saturated carbocycles. The van der Waals surface area contributed by atoms with Crippen LogP contribution in [0.4, 0.5) is 32.8 Å². The number of fused-ring (bicyclic) bond motifs is 2. The summed E-state index contributed by atoms with van der Waals surface area (Å²) in [5, 5.41) is 7.61. The topological polar surface area (TPSA) is 50.0 Å². The summed E-state index contributed by atoms with van der Waals surface area (Å²) in [5.74, 6) is 0. The molecule has 0 amide bonds. The first-order valence-corrected chi connectivity index (χ1v) is 35.6. The summed E-state index contributed by atoms with van der Waals surface area (Å²) >= 11 is 3.88. The molecule has 0 spiro atoms. The fourth-order valence-electron chi connectivity index (χ4n) is 12.4. The second kappa shape index (κ2) is 34.4. The molecule has 6 nitrogen and oxygen atoms in total. The molecule has 0 bridgehead atoms. The van der Waals surface area contributed by atoms with Crippen LogP contribution in [0.15, 0.2) is 146 Å². The standard InChI is InChI=1S/C78H100N2O4S2/c1-4-7-10-13-18-22-31-60-39-47-64(48-40-60)79(65-49-41-62(42-50-65)33-24-20-15-16-21-30-55-81-56-68-57-82-68)77-72-36-28-26-34-70(72)75(85-77)76-71-35-27-29-37-73(71)78(86-76)80(66-51-43-61(44-52-66)32-23-19-14-11-8-5-2)67-53-45-63(46-54-67)74(84-59-69-58-83-69)38-25-17-12-9-6-3/h26-29,34-37,39-54,68-69,74H,4-25,30-33,38,55-59H2,1-3H3. The highest BCUT2D eigenvalue weighted by atomic mass is 32.1. The lowest BCUT2D eigenvalue weighted by Crippen LogP contribution is -2.11. The zero-order chi connectivity index (χ0) is 59.0. The van der Waals surface area contributed by atoms with Crippen molar-refractivity contribution in [2.45, 2.75) is 212 Å². The Morgan fingerprint density at radius 2 is 0.744 bits per heavy atom. The molecule has 2 aromatic heterocycles. The summed E-state index contributed by atoms with van der Waals surface area (Å²) in [6.07, 6.45) is 34.4. The molecule has 2 fully saturated rings. The van der Waals surface area contributed by atoms with Crippen LogP contribution in [-0.2, 0) is 38.2 Å². The van der Waals surface area contributed by atoms with E-state index in [1.807, 2.05) is 22.7 Å². The van der Waals surface area contributed by atoms with E-state index >= 15 is 0 Å². The lowest BCUT2D eigenvalue weighted by Gasteiger charge is -2.26. The molecule has 2 saturated heterocycles. The van der Waals surface area contributed by atoms with Gasteiger partial charge in [-0.1, -0.05) is 240 Å². The SMILES string of the molecule is CCCCCCCCc1ccc(N(c2ccc(CCCCCCCCOCC3CO3)cc2)c2sc(-c3sc(N(c4ccc(CCCCCCCC)cc4)c4ccc(C(CCCCCCC)OCC5CO5)cc4)c4ccccc34)c3ccccc23)cc1. The van der Waals surface area contributed by atoms with Crippen LogP contribution >= 0.6 is 22.7 Å². The van der Waals surface area contributed by atoms with Crippen LogP contribution in [-0.4, -0.2) is 45.2 Å². The Morgan fingerprint density at radius 3 is 1.15 bits per heavy atom. The van der Waals surface area contributed by atoms with E-state index in [-0.39, 0.29) is 12.2 Å². The zero-order valence-corrected chi connectivity index (χ0v) is 54.2. The molecule has 86 heavy (non-hydrogen) atoms. The van der Waals surface area contributed by atoms with E-state index in [0.717, 1.165) is 64.2 Å². The van der Waals surface area contributed by atoms with Crippen LogP contribution in [0.1, 0.15) is 203 Å². The highest BCUT2D eigenvalue weighted by molar-refractivity contribution is 7.28. The van der Waals surface area contributed by atoms with Gasteiger partial charge >= 0.3 is 0 Å². The van der Waals surface area contributed by atoms with Crippen LogP contribution in [0.3, 0.4) is 0 Å². The van der Waals surface area contributed by atoms with Crippen molar-refractivity contribution in [2.24, 2.45) is 0 Å². The average Bonchev–Trinajstić information content (AvgIpc) is 1.88. The van der Waals surface area contributed by atoms with Crippen molar-refractivity contribution < 1.29 is 18.9 Å². The molecular weight excluding hydrogens is 1090 g/mol. The number of unbranched alkanes of at least 4 members (excludes halogenated alkanes) is 19. The molecule has 2 aliphatic rings. The van der Waals surface area contributed by atoms with Crippen molar-refractivity contribution in [3.63, 3.8) is 0 Å². The van der Waals surface area contributed by atoms with Crippen molar-refractivity contribution in [1.82, 2.24) is 0 Å². The number of nitrogens with zero attached hydrogens (tertiary/aromatic N) is 2. The van der Waals surface area contributed by atoms with Crippen LogP contribution in [0.2, 0.25) is 0 Å². The molecule has 6 aromatic carbocycles. The van der Waals surface area contributed by atoms with Crippen molar-refractivity contribution in [2.75, 3.05) is 42.8 Å². The van der Waals surface area contributed by atoms with E-state index in [9.17, 15) is 0 Å². The van der Waals surface area contributed by atoms with Crippen molar-refractivity contribution in [3.8, 4) is 9.75 Å². The molecule has 3 unspecified atom stereocenters. The zero-order valence-electron chi connectivity index (χ0n) is 52.6. The molecule has 8 aromatic rings. The molecular formula is C78H100N2O4S2. The molecule has 0 radical (unpaired) electrons. The fraction of sp³-hybridized carbons (Fsp3) is 0.487. The number of thiophene rings is 2. The third-order valence-corrected chi connectivity index (χ3v) is 20.3. The van der Waals surface area contributed by atoms with Crippen LogP contribution in [0.5, 0.6) is 0 Å². The summed E-state index contributed by atoms with van der Waals surface area (Å²) in [6, 6.07) is 56.3. The summed E-state index contributed by atoms with van der Waals surface area (Å²) in [4.78, 5) is 7.71. The molecule has 8 heteroatoms. The Balaban J connectivity index is 0.965. The Morgan fingerprint density at radius 1 is 0.395 bits per heavy atom. The quantitative estimate of drug-likeness (QED) is 0.0281. The largest absolute Gasteiger partial charge is 0.379 e. The second-order valence-electron chi connectivity index (χ2n) is 24.7. The third kappa shape index (κ3) is 18.6. The number of anilines is 6. The maximum atomic E-state index is 6.66. The Kier molecular flexibility index (Phi) is 25.5. The lowest BCUT2D eigenvalue weighted by atomic mass is 10.0. The van der Waals surface area contributed by atoms with Crippen molar-refractivity contribution in [3.05, 3.63) is 168 Å². The Labute approximate surface area is 525 Å². The molecule has 0 aliphatic carbocycles. The van der Waals surface area contributed by atoms with Crippen molar-refractivity contribution >= 4 is 77.0 Å². The Hall–Kier alpha value is -5.32. The summed E-state index contributed by atoms with van der Waals surface area (Å²) in [7, 11) is 0. The van der Waals surface area contributed by atoms with Gasteiger partial charge in [0.05, 0.1) is 42.3 Å². The second-order valence-corrected chi connectivity index (χ2v) is 26.7. The predicted octanol–water partition coefficient (Wildman–Crippen LogP) is 23.6. The normalized spacial score (nSPS) is 15.0. The van der Waals surface area contributed by atoms with Crippen LogP contribution < -0.4 is 9.80 Å². The molecule has 10 rings (SSSR count). The number of benzene rings is 6. The van der Waals surface area contributed by atoms with Gasteiger partial charge in [0.2, 0.25) is 0 Å².